The first kappa shape index (κ1) is 10.7. The van der Waals surface area contributed by atoms with Crippen molar-refractivity contribution in [2.45, 2.75) is 6.67 Å². The summed E-state index contributed by atoms with van der Waals surface area (Å²) >= 11 is 0. The summed E-state index contributed by atoms with van der Waals surface area (Å²) in [6.45, 7) is 0.482. The first-order valence-electron chi connectivity index (χ1n) is 5.76. The first-order valence-corrected chi connectivity index (χ1v) is 5.76. The molecule has 0 fully saturated rings. The fourth-order valence-electron chi connectivity index (χ4n) is 1.78. The summed E-state index contributed by atoms with van der Waals surface area (Å²) in [7, 11) is 0. The van der Waals surface area contributed by atoms with Crippen LogP contribution >= 0.6 is 0 Å². The van der Waals surface area contributed by atoms with E-state index in [0.717, 1.165) is 16.6 Å². The molecular weight excluding hydrogens is 224 g/mol. The summed E-state index contributed by atoms with van der Waals surface area (Å²) in [4.78, 5) is 4.37. The van der Waals surface area contributed by atoms with Gasteiger partial charge in [-0.25, -0.2) is 4.68 Å². The summed E-state index contributed by atoms with van der Waals surface area (Å²) < 4.78 is 1.79. The third-order valence-corrected chi connectivity index (χ3v) is 2.68. The molecule has 0 amide bonds. The molecule has 0 unspecified atom stereocenters. The van der Waals surface area contributed by atoms with Crippen molar-refractivity contribution in [1.82, 2.24) is 15.0 Å². The summed E-state index contributed by atoms with van der Waals surface area (Å²) in [5.74, 6) is 0. The van der Waals surface area contributed by atoms with Crippen LogP contribution in [0, 0.1) is 0 Å². The van der Waals surface area contributed by atoms with Crippen molar-refractivity contribution in [2.24, 2.45) is 4.99 Å². The minimum absolute atomic E-state index is 0.482. The van der Waals surface area contributed by atoms with Crippen molar-refractivity contribution in [3.05, 3.63) is 60.2 Å². The van der Waals surface area contributed by atoms with Gasteiger partial charge in [-0.2, -0.15) is 0 Å². The zero-order valence-electron chi connectivity index (χ0n) is 9.77. The third kappa shape index (κ3) is 2.13. The van der Waals surface area contributed by atoms with Crippen LogP contribution in [0.5, 0.6) is 0 Å². The van der Waals surface area contributed by atoms with E-state index in [0.29, 0.717) is 6.67 Å². The Morgan fingerprint density at radius 1 is 1.00 bits per heavy atom. The maximum atomic E-state index is 4.37. The molecule has 88 valence electrons. The lowest BCUT2D eigenvalue weighted by molar-refractivity contribution is 0.631. The number of benzene rings is 2. The molecule has 0 aliphatic heterocycles. The Morgan fingerprint density at radius 2 is 1.78 bits per heavy atom. The van der Waals surface area contributed by atoms with Gasteiger partial charge in [-0.3, -0.25) is 4.99 Å². The molecule has 0 aliphatic rings. The van der Waals surface area contributed by atoms with Gasteiger partial charge in [-0.1, -0.05) is 47.7 Å². The molecular formula is C14H12N4. The molecule has 4 nitrogen and oxygen atoms in total. The zero-order valence-corrected chi connectivity index (χ0v) is 9.77. The Labute approximate surface area is 105 Å². The maximum Gasteiger partial charge on any atom is 0.133 e. The van der Waals surface area contributed by atoms with Gasteiger partial charge >= 0.3 is 0 Å². The maximum absolute atomic E-state index is 4.37. The van der Waals surface area contributed by atoms with Crippen LogP contribution in [0.4, 0.5) is 0 Å². The minimum Gasteiger partial charge on any atom is -0.269 e. The molecule has 1 heterocycles. The van der Waals surface area contributed by atoms with Gasteiger partial charge in [0.2, 0.25) is 0 Å². The van der Waals surface area contributed by atoms with Gasteiger partial charge in [0.1, 0.15) is 12.2 Å². The van der Waals surface area contributed by atoms with Crippen molar-refractivity contribution in [2.75, 3.05) is 0 Å². The largest absolute Gasteiger partial charge is 0.269 e. The molecule has 0 spiro atoms. The number of para-hydroxylation sites is 1. The van der Waals surface area contributed by atoms with Crippen molar-refractivity contribution >= 4 is 17.2 Å². The second kappa shape index (κ2) is 4.79. The highest BCUT2D eigenvalue weighted by Gasteiger charge is 2.00. The molecule has 3 aromatic rings. The summed E-state index contributed by atoms with van der Waals surface area (Å²) in [6.07, 6.45) is 1.84. The fourth-order valence-corrected chi connectivity index (χ4v) is 1.78. The van der Waals surface area contributed by atoms with Gasteiger partial charge in [0, 0.05) is 6.21 Å². The highest BCUT2D eigenvalue weighted by atomic mass is 15.4. The highest BCUT2D eigenvalue weighted by molar-refractivity contribution is 5.79. The molecule has 0 saturated heterocycles. The van der Waals surface area contributed by atoms with Crippen molar-refractivity contribution in [1.29, 1.82) is 0 Å². The monoisotopic (exact) mass is 236 g/mol. The van der Waals surface area contributed by atoms with Crippen LogP contribution in [0.3, 0.4) is 0 Å². The smallest absolute Gasteiger partial charge is 0.133 e. The van der Waals surface area contributed by atoms with E-state index in [1.807, 2.05) is 60.8 Å². The van der Waals surface area contributed by atoms with Crippen molar-refractivity contribution in [3.63, 3.8) is 0 Å². The van der Waals surface area contributed by atoms with E-state index in [2.05, 4.69) is 15.3 Å². The van der Waals surface area contributed by atoms with Crippen LogP contribution in [0.1, 0.15) is 5.56 Å². The molecule has 3 rings (SSSR count). The second-order valence-electron chi connectivity index (χ2n) is 3.94. The topological polar surface area (TPSA) is 43.1 Å². The first-order chi connectivity index (χ1) is 8.93. The lowest BCUT2D eigenvalue weighted by Gasteiger charge is -1.96. The van der Waals surface area contributed by atoms with Gasteiger partial charge in [0.25, 0.3) is 0 Å². The van der Waals surface area contributed by atoms with Gasteiger partial charge in [-0.15, -0.1) is 5.10 Å². The van der Waals surface area contributed by atoms with Gasteiger partial charge < -0.3 is 0 Å². The molecule has 0 bridgehead atoms. The lowest BCUT2D eigenvalue weighted by Crippen LogP contribution is -1.98. The van der Waals surface area contributed by atoms with E-state index in [-0.39, 0.29) is 0 Å². The molecule has 0 aliphatic carbocycles. The van der Waals surface area contributed by atoms with E-state index < -0.39 is 0 Å². The summed E-state index contributed by atoms with van der Waals surface area (Å²) in [6, 6.07) is 17.9. The Balaban J connectivity index is 1.79. The van der Waals surface area contributed by atoms with Crippen LogP contribution in [0.2, 0.25) is 0 Å². The average molecular weight is 236 g/mol. The number of fused-ring (bicyclic) bond motifs is 1. The summed E-state index contributed by atoms with van der Waals surface area (Å²) in [5, 5.41) is 8.16. The number of aliphatic imine (C=N–C) groups is 1. The number of hydrogen-bond donors (Lipinski definition) is 0. The van der Waals surface area contributed by atoms with Crippen molar-refractivity contribution < 1.29 is 0 Å². The predicted octanol–water partition coefficient (Wildman–Crippen LogP) is 2.51. The molecule has 4 heteroatoms. The van der Waals surface area contributed by atoms with Crippen LogP contribution in [-0.2, 0) is 6.67 Å². The highest BCUT2D eigenvalue weighted by Crippen LogP contribution is 2.09. The molecule has 0 atom stereocenters. The summed E-state index contributed by atoms with van der Waals surface area (Å²) in [5.41, 5.74) is 2.98. The van der Waals surface area contributed by atoms with Crippen LogP contribution in [0.25, 0.3) is 11.0 Å². The number of aromatic nitrogens is 3. The Hall–Kier alpha value is -2.49. The van der Waals surface area contributed by atoms with E-state index in [1.165, 1.54) is 0 Å². The quantitative estimate of drug-likeness (QED) is 0.656. The van der Waals surface area contributed by atoms with E-state index in [4.69, 9.17) is 0 Å². The molecule has 1 aromatic heterocycles. The number of rotatable bonds is 3. The average Bonchev–Trinajstić information content (AvgIpc) is 2.84. The standard InChI is InChI=1S/C14H12N4/c1-2-6-12(7-3-1)10-15-11-18-14-9-5-4-8-13(14)16-17-18/h1-10H,11H2. The van der Waals surface area contributed by atoms with Crippen LogP contribution < -0.4 is 0 Å². The van der Waals surface area contributed by atoms with Gasteiger partial charge in [-0.05, 0) is 17.7 Å². The SMILES string of the molecule is C(=NCn1nnc2ccccc21)c1ccccc1. The van der Waals surface area contributed by atoms with Crippen molar-refractivity contribution in [3.8, 4) is 0 Å². The second-order valence-corrected chi connectivity index (χ2v) is 3.94. The normalized spacial score (nSPS) is 11.3. The molecule has 0 saturated carbocycles. The number of hydrogen-bond acceptors (Lipinski definition) is 3. The van der Waals surface area contributed by atoms with Crippen LogP contribution in [-0.4, -0.2) is 21.2 Å². The van der Waals surface area contributed by atoms with E-state index >= 15 is 0 Å². The Morgan fingerprint density at radius 3 is 2.67 bits per heavy atom. The van der Waals surface area contributed by atoms with E-state index in [1.54, 1.807) is 4.68 Å². The zero-order chi connectivity index (χ0) is 12.2. The molecule has 0 radical (unpaired) electrons. The molecule has 18 heavy (non-hydrogen) atoms. The van der Waals surface area contributed by atoms with Crippen LogP contribution in [0.15, 0.2) is 59.6 Å². The van der Waals surface area contributed by atoms with E-state index in [9.17, 15) is 0 Å². The van der Waals surface area contributed by atoms with Gasteiger partial charge in [0.05, 0.1) is 5.52 Å². The predicted molar refractivity (Wildman–Crippen MR) is 71.6 cm³/mol. The fraction of sp³-hybridized carbons (Fsp3) is 0.0714. The number of nitrogens with zero attached hydrogens (tertiary/aromatic N) is 4. The Bertz CT molecular complexity index is 670. The molecule has 0 N–H and O–H groups in total. The lowest BCUT2D eigenvalue weighted by atomic mass is 10.2. The molecule has 2 aromatic carbocycles. The minimum atomic E-state index is 0.482. The van der Waals surface area contributed by atoms with Gasteiger partial charge in [0.15, 0.2) is 0 Å². The Kier molecular flexibility index (Phi) is 2.84. The third-order valence-electron chi connectivity index (χ3n) is 2.68.